The minimum atomic E-state index is -1.10. The highest BCUT2D eigenvalue weighted by atomic mass is 79.9. The summed E-state index contributed by atoms with van der Waals surface area (Å²) in [5, 5.41) is 2.74. The van der Waals surface area contributed by atoms with Gasteiger partial charge in [0.1, 0.15) is 6.04 Å². The number of nitrogens with one attached hydrogen (secondary N) is 1. The summed E-state index contributed by atoms with van der Waals surface area (Å²) in [4.78, 5) is 51.9. The molecule has 8 heteroatoms. The van der Waals surface area contributed by atoms with E-state index in [1.54, 1.807) is 30.3 Å². The molecular formula is C24H25BrN2O5. The van der Waals surface area contributed by atoms with Gasteiger partial charge in [0.05, 0.1) is 11.1 Å². The second-order valence-corrected chi connectivity index (χ2v) is 8.90. The molecule has 1 N–H and O–H groups in total. The highest BCUT2D eigenvalue weighted by Gasteiger charge is 2.43. The number of esters is 1. The lowest BCUT2D eigenvalue weighted by Gasteiger charge is -2.25. The van der Waals surface area contributed by atoms with Gasteiger partial charge in [-0.15, -0.1) is 0 Å². The maximum Gasteiger partial charge on any atom is 0.329 e. The molecule has 0 spiro atoms. The van der Waals surface area contributed by atoms with Gasteiger partial charge in [0.2, 0.25) is 0 Å². The van der Waals surface area contributed by atoms with Gasteiger partial charge in [0.15, 0.2) is 6.61 Å². The largest absolute Gasteiger partial charge is 0.454 e. The number of anilines is 1. The predicted molar refractivity (Wildman–Crippen MR) is 123 cm³/mol. The van der Waals surface area contributed by atoms with Crippen LogP contribution >= 0.6 is 15.9 Å². The van der Waals surface area contributed by atoms with Gasteiger partial charge in [-0.05, 0) is 54.7 Å². The Morgan fingerprint density at radius 1 is 1.06 bits per heavy atom. The summed E-state index contributed by atoms with van der Waals surface area (Å²) in [6.45, 7) is 5.21. The van der Waals surface area contributed by atoms with Crippen molar-refractivity contribution < 1.29 is 23.9 Å². The number of aryl methyl sites for hydroxylation is 1. The van der Waals surface area contributed by atoms with E-state index in [0.29, 0.717) is 12.1 Å². The number of rotatable bonds is 8. The van der Waals surface area contributed by atoms with E-state index in [1.807, 2.05) is 32.9 Å². The fourth-order valence-electron chi connectivity index (χ4n) is 3.64. The summed E-state index contributed by atoms with van der Waals surface area (Å²) in [6.07, 6.45) is 0.948. The maximum atomic E-state index is 12.9. The van der Waals surface area contributed by atoms with Gasteiger partial charge < -0.3 is 10.1 Å². The van der Waals surface area contributed by atoms with Crippen molar-refractivity contribution in [3.05, 3.63) is 63.6 Å². The van der Waals surface area contributed by atoms with Crippen molar-refractivity contribution in [2.75, 3.05) is 11.9 Å². The fraction of sp³-hybridized carbons (Fsp3) is 0.333. The standard InChI is InChI=1S/C24H25BrN2O5/c1-4-15-12-16(25)9-10-19(15)26-21(28)13-32-24(31)20(11-14(2)3)27-22(29)17-7-5-6-8-18(17)23(27)30/h5-10,12,14,20H,4,11,13H2,1-3H3,(H,26,28)/t20-/m0/s1. The van der Waals surface area contributed by atoms with Crippen LogP contribution in [0.1, 0.15) is 53.5 Å². The highest BCUT2D eigenvalue weighted by molar-refractivity contribution is 9.10. The minimum Gasteiger partial charge on any atom is -0.454 e. The van der Waals surface area contributed by atoms with E-state index in [2.05, 4.69) is 21.2 Å². The Labute approximate surface area is 195 Å². The summed E-state index contributed by atoms with van der Waals surface area (Å²) in [5.41, 5.74) is 2.09. The zero-order valence-corrected chi connectivity index (χ0v) is 19.8. The summed E-state index contributed by atoms with van der Waals surface area (Å²) >= 11 is 3.40. The van der Waals surface area contributed by atoms with Crippen molar-refractivity contribution in [3.63, 3.8) is 0 Å². The van der Waals surface area contributed by atoms with Crippen molar-refractivity contribution in [1.29, 1.82) is 0 Å². The molecule has 1 heterocycles. The highest BCUT2D eigenvalue weighted by Crippen LogP contribution is 2.27. The van der Waals surface area contributed by atoms with Gasteiger partial charge in [-0.25, -0.2) is 4.79 Å². The normalized spacial score (nSPS) is 13.8. The Kier molecular flexibility index (Phi) is 7.45. The molecule has 2 aromatic carbocycles. The van der Waals surface area contributed by atoms with Crippen LogP contribution in [-0.4, -0.2) is 41.2 Å². The summed E-state index contributed by atoms with van der Waals surface area (Å²) in [7, 11) is 0. The molecule has 0 radical (unpaired) electrons. The van der Waals surface area contributed by atoms with Gasteiger partial charge in [0.25, 0.3) is 17.7 Å². The molecule has 3 amide bonds. The average molecular weight is 501 g/mol. The van der Waals surface area contributed by atoms with Crippen molar-refractivity contribution >= 4 is 45.3 Å². The number of amides is 3. The summed E-state index contributed by atoms with van der Waals surface area (Å²) < 4.78 is 6.14. The van der Waals surface area contributed by atoms with E-state index in [1.165, 1.54) is 0 Å². The maximum absolute atomic E-state index is 12.9. The molecule has 0 aromatic heterocycles. The summed E-state index contributed by atoms with van der Waals surface area (Å²) in [6, 6.07) is 10.8. The number of fused-ring (bicyclic) bond motifs is 1. The van der Waals surface area contributed by atoms with Gasteiger partial charge in [0, 0.05) is 10.2 Å². The molecule has 1 aliphatic rings. The summed E-state index contributed by atoms with van der Waals surface area (Å²) in [5.74, 6) is -2.32. The van der Waals surface area contributed by atoms with Crippen LogP contribution in [0.5, 0.6) is 0 Å². The number of hydrogen-bond acceptors (Lipinski definition) is 5. The van der Waals surface area contributed by atoms with Crippen molar-refractivity contribution in [1.82, 2.24) is 4.90 Å². The quantitative estimate of drug-likeness (QED) is 0.432. The number of halogens is 1. The van der Waals surface area contributed by atoms with Crippen LogP contribution < -0.4 is 5.32 Å². The molecule has 1 atom stereocenters. The lowest BCUT2D eigenvalue weighted by Crippen LogP contribution is -2.46. The smallest absolute Gasteiger partial charge is 0.329 e. The van der Waals surface area contributed by atoms with Crippen LogP contribution in [0.25, 0.3) is 0 Å². The molecular weight excluding hydrogens is 476 g/mol. The Morgan fingerprint density at radius 3 is 2.25 bits per heavy atom. The SMILES string of the molecule is CCc1cc(Br)ccc1NC(=O)COC(=O)[C@H](CC(C)C)N1C(=O)c2ccccc2C1=O. The second kappa shape index (κ2) is 10.1. The van der Waals surface area contributed by atoms with E-state index in [-0.39, 0.29) is 23.5 Å². The van der Waals surface area contributed by atoms with E-state index < -0.39 is 36.3 Å². The molecule has 168 valence electrons. The third-order valence-corrected chi connectivity index (χ3v) is 5.66. The van der Waals surface area contributed by atoms with E-state index >= 15 is 0 Å². The van der Waals surface area contributed by atoms with Crippen LogP contribution in [0.2, 0.25) is 0 Å². The van der Waals surface area contributed by atoms with Crippen molar-refractivity contribution in [2.45, 2.75) is 39.7 Å². The molecule has 1 aliphatic heterocycles. The number of carbonyl (C=O) groups excluding carboxylic acids is 4. The zero-order chi connectivity index (χ0) is 23.4. The lowest BCUT2D eigenvalue weighted by molar-refractivity contribution is -0.151. The van der Waals surface area contributed by atoms with Gasteiger partial charge in [-0.3, -0.25) is 19.3 Å². The Bertz CT molecular complexity index is 1030. The number of ether oxygens (including phenoxy) is 1. The predicted octanol–water partition coefficient (Wildman–Crippen LogP) is 4.20. The molecule has 0 saturated heterocycles. The molecule has 0 bridgehead atoms. The number of imide groups is 1. The van der Waals surface area contributed by atoms with Crippen LogP contribution in [0.4, 0.5) is 5.69 Å². The number of benzene rings is 2. The molecule has 0 saturated carbocycles. The average Bonchev–Trinajstić information content (AvgIpc) is 3.02. The van der Waals surface area contributed by atoms with Crippen molar-refractivity contribution in [3.8, 4) is 0 Å². The number of carbonyl (C=O) groups is 4. The Morgan fingerprint density at radius 2 is 1.69 bits per heavy atom. The van der Waals surface area contributed by atoms with E-state index in [0.717, 1.165) is 14.9 Å². The fourth-order valence-corrected chi connectivity index (χ4v) is 4.05. The van der Waals surface area contributed by atoms with E-state index in [9.17, 15) is 19.2 Å². The van der Waals surface area contributed by atoms with Crippen LogP contribution in [0.15, 0.2) is 46.9 Å². The van der Waals surface area contributed by atoms with Crippen LogP contribution in [0.3, 0.4) is 0 Å². The Balaban J connectivity index is 1.70. The first-order valence-electron chi connectivity index (χ1n) is 10.4. The lowest BCUT2D eigenvalue weighted by atomic mass is 10.0. The third kappa shape index (κ3) is 5.07. The monoisotopic (exact) mass is 500 g/mol. The number of hydrogen-bond donors (Lipinski definition) is 1. The molecule has 2 aromatic rings. The first-order valence-corrected chi connectivity index (χ1v) is 11.2. The van der Waals surface area contributed by atoms with E-state index in [4.69, 9.17) is 4.74 Å². The third-order valence-electron chi connectivity index (χ3n) is 5.17. The Hall–Kier alpha value is -3.00. The number of nitrogens with zero attached hydrogens (tertiary/aromatic N) is 1. The molecule has 0 unspecified atom stereocenters. The molecule has 32 heavy (non-hydrogen) atoms. The first kappa shape index (κ1) is 23.7. The van der Waals surface area contributed by atoms with Crippen LogP contribution in [-0.2, 0) is 20.7 Å². The van der Waals surface area contributed by atoms with Gasteiger partial charge >= 0.3 is 5.97 Å². The first-order chi connectivity index (χ1) is 15.2. The van der Waals surface area contributed by atoms with Gasteiger partial charge in [-0.2, -0.15) is 0 Å². The second-order valence-electron chi connectivity index (χ2n) is 7.98. The zero-order valence-electron chi connectivity index (χ0n) is 18.2. The molecule has 0 fully saturated rings. The molecule has 3 rings (SSSR count). The topological polar surface area (TPSA) is 92.8 Å². The minimum absolute atomic E-state index is 0.0144. The molecule has 7 nitrogen and oxygen atoms in total. The van der Waals surface area contributed by atoms with Crippen molar-refractivity contribution in [2.24, 2.45) is 5.92 Å². The van der Waals surface area contributed by atoms with Crippen LogP contribution in [0, 0.1) is 5.92 Å². The molecule has 0 aliphatic carbocycles. The van der Waals surface area contributed by atoms with Gasteiger partial charge in [-0.1, -0.05) is 48.8 Å².